The second-order valence-electron chi connectivity index (χ2n) is 3.75. The molecule has 0 aliphatic rings. The summed E-state index contributed by atoms with van der Waals surface area (Å²) < 4.78 is 0. The summed E-state index contributed by atoms with van der Waals surface area (Å²) in [5.41, 5.74) is 6.60. The van der Waals surface area contributed by atoms with Gasteiger partial charge in [0.15, 0.2) is 0 Å². The van der Waals surface area contributed by atoms with Gasteiger partial charge in [0.05, 0.1) is 10.6 Å². The zero-order valence-electron chi connectivity index (χ0n) is 9.53. The number of hydrogen-bond acceptors (Lipinski definition) is 2. The molecule has 1 aromatic carbocycles. The lowest BCUT2D eigenvalue weighted by Gasteiger charge is -2.22. The molecule has 1 amide bonds. The molecule has 0 aromatic heterocycles. The van der Waals surface area contributed by atoms with Gasteiger partial charge >= 0.3 is 0 Å². The molecule has 0 heterocycles. The number of carbonyl (C=O) groups excluding carboxylic acids is 1. The van der Waals surface area contributed by atoms with Crippen molar-refractivity contribution < 1.29 is 4.79 Å². The standard InChI is InChI=1S/C11H15ClN2O.ClH/c1-7(2)14(3)11(15)9-5-4-8(13)6-10(9)12;/h4-7H,13H2,1-3H3;1H. The zero-order valence-corrected chi connectivity index (χ0v) is 11.1. The summed E-state index contributed by atoms with van der Waals surface area (Å²) in [6.07, 6.45) is 0. The highest BCUT2D eigenvalue weighted by molar-refractivity contribution is 6.34. The number of nitrogens with two attached hydrogens (primary N) is 1. The van der Waals surface area contributed by atoms with Gasteiger partial charge in [-0.05, 0) is 32.0 Å². The molecule has 0 spiro atoms. The van der Waals surface area contributed by atoms with Gasteiger partial charge in [0, 0.05) is 18.8 Å². The fraction of sp³-hybridized carbons (Fsp3) is 0.364. The lowest BCUT2D eigenvalue weighted by molar-refractivity contribution is 0.0755. The number of benzene rings is 1. The van der Waals surface area contributed by atoms with Crippen molar-refractivity contribution in [3.63, 3.8) is 0 Å². The van der Waals surface area contributed by atoms with Gasteiger partial charge in [-0.15, -0.1) is 12.4 Å². The Morgan fingerprint density at radius 1 is 1.44 bits per heavy atom. The first-order valence-electron chi connectivity index (χ1n) is 4.75. The third kappa shape index (κ3) is 3.29. The number of anilines is 1. The summed E-state index contributed by atoms with van der Waals surface area (Å²) in [7, 11) is 1.75. The molecule has 0 saturated carbocycles. The monoisotopic (exact) mass is 262 g/mol. The zero-order chi connectivity index (χ0) is 11.6. The normalized spacial score (nSPS) is 9.81. The highest BCUT2D eigenvalue weighted by atomic mass is 35.5. The van der Waals surface area contributed by atoms with Crippen LogP contribution in [0.1, 0.15) is 24.2 Å². The summed E-state index contributed by atoms with van der Waals surface area (Å²) >= 11 is 5.95. The van der Waals surface area contributed by atoms with Crippen LogP contribution < -0.4 is 5.73 Å². The van der Waals surface area contributed by atoms with Crippen LogP contribution in [0.5, 0.6) is 0 Å². The van der Waals surface area contributed by atoms with Gasteiger partial charge in [-0.3, -0.25) is 4.79 Å². The fourth-order valence-corrected chi connectivity index (χ4v) is 1.40. The van der Waals surface area contributed by atoms with Crippen LogP contribution in [-0.4, -0.2) is 23.9 Å². The van der Waals surface area contributed by atoms with Gasteiger partial charge in [0.1, 0.15) is 0 Å². The molecule has 16 heavy (non-hydrogen) atoms. The van der Waals surface area contributed by atoms with Crippen molar-refractivity contribution >= 4 is 35.6 Å². The van der Waals surface area contributed by atoms with Gasteiger partial charge in [-0.2, -0.15) is 0 Å². The minimum atomic E-state index is -0.0880. The molecule has 1 aromatic rings. The van der Waals surface area contributed by atoms with E-state index in [1.54, 1.807) is 30.1 Å². The number of halogens is 2. The Morgan fingerprint density at radius 3 is 2.44 bits per heavy atom. The molecule has 0 unspecified atom stereocenters. The van der Waals surface area contributed by atoms with E-state index >= 15 is 0 Å². The van der Waals surface area contributed by atoms with E-state index in [1.807, 2.05) is 13.8 Å². The van der Waals surface area contributed by atoms with Crippen molar-refractivity contribution in [2.75, 3.05) is 12.8 Å². The largest absolute Gasteiger partial charge is 0.399 e. The van der Waals surface area contributed by atoms with Gasteiger partial charge in [-0.1, -0.05) is 11.6 Å². The summed E-state index contributed by atoms with van der Waals surface area (Å²) in [5, 5.41) is 0.396. The third-order valence-electron chi connectivity index (χ3n) is 2.32. The second kappa shape index (κ2) is 5.97. The van der Waals surface area contributed by atoms with Crippen molar-refractivity contribution in [1.29, 1.82) is 0 Å². The molecule has 0 aliphatic heterocycles. The Bertz CT molecular complexity index is 380. The molecule has 0 aliphatic carbocycles. The van der Waals surface area contributed by atoms with Gasteiger partial charge in [0.2, 0.25) is 0 Å². The molecule has 0 saturated heterocycles. The van der Waals surface area contributed by atoms with E-state index in [2.05, 4.69) is 0 Å². The molecule has 0 radical (unpaired) electrons. The van der Waals surface area contributed by atoms with Crippen LogP contribution in [0.15, 0.2) is 18.2 Å². The van der Waals surface area contributed by atoms with Crippen molar-refractivity contribution in [2.24, 2.45) is 0 Å². The van der Waals surface area contributed by atoms with Crippen LogP contribution in [0.4, 0.5) is 5.69 Å². The molecular weight excluding hydrogens is 247 g/mol. The van der Waals surface area contributed by atoms with Gasteiger partial charge in [0.25, 0.3) is 5.91 Å². The predicted molar refractivity (Wildman–Crippen MR) is 70.3 cm³/mol. The number of nitrogens with zero attached hydrogens (tertiary/aromatic N) is 1. The smallest absolute Gasteiger partial charge is 0.255 e. The topological polar surface area (TPSA) is 46.3 Å². The van der Waals surface area contributed by atoms with Crippen molar-refractivity contribution in [3.05, 3.63) is 28.8 Å². The van der Waals surface area contributed by atoms with E-state index in [9.17, 15) is 4.79 Å². The van der Waals surface area contributed by atoms with E-state index in [0.717, 1.165) is 0 Å². The lowest BCUT2D eigenvalue weighted by Crippen LogP contribution is -2.33. The number of nitrogen functional groups attached to an aromatic ring is 1. The van der Waals surface area contributed by atoms with Crippen LogP contribution in [0.2, 0.25) is 5.02 Å². The molecule has 3 nitrogen and oxygen atoms in total. The molecule has 0 fully saturated rings. The SMILES string of the molecule is CC(C)N(C)C(=O)c1ccc(N)cc1Cl.Cl. The molecule has 1 rings (SSSR count). The quantitative estimate of drug-likeness (QED) is 0.834. The average Bonchev–Trinajstić information content (AvgIpc) is 2.15. The highest BCUT2D eigenvalue weighted by Gasteiger charge is 2.16. The fourth-order valence-electron chi connectivity index (χ4n) is 1.13. The van der Waals surface area contributed by atoms with Crippen LogP contribution in [-0.2, 0) is 0 Å². The maximum Gasteiger partial charge on any atom is 0.255 e. The first-order chi connectivity index (χ1) is 6.93. The molecular formula is C11H16Cl2N2O. The molecule has 5 heteroatoms. The Balaban J connectivity index is 0.00000225. The van der Waals surface area contributed by atoms with Crippen molar-refractivity contribution in [3.8, 4) is 0 Å². The van der Waals surface area contributed by atoms with Gasteiger partial charge < -0.3 is 10.6 Å². The van der Waals surface area contributed by atoms with E-state index < -0.39 is 0 Å². The molecule has 0 bridgehead atoms. The number of amides is 1. The molecule has 0 atom stereocenters. The first kappa shape index (κ1) is 15.1. The Morgan fingerprint density at radius 2 is 2.00 bits per heavy atom. The molecule has 90 valence electrons. The summed E-state index contributed by atoms with van der Waals surface area (Å²) in [6.45, 7) is 3.90. The average molecular weight is 263 g/mol. The second-order valence-corrected chi connectivity index (χ2v) is 4.16. The molecule has 2 N–H and O–H groups in total. The Kier molecular flexibility index (Phi) is 5.62. The van der Waals surface area contributed by atoms with Crippen LogP contribution in [0.25, 0.3) is 0 Å². The Hall–Kier alpha value is -0.930. The maximum atomic E-state index is 11.9. The number of rotatable bonds is 2. The maximum absolute atomic E-state index is 11.9. The number of hydrogen-bond donors (Lipinski definition) is 1. The van der Waals surface area contributed by atoms with Gasteiger partial charge in [-0.25, -0.2) is 0 Å². The summed E-state index contributed by atoms with van der Waals surface area (Å²) in [6, 6.07) is 5.06. The van der Waals surface area contributed by atoms with E-state index in [4.69, 9.17) is 17.3 Å². The van der Waals surface area contributed by atoms with Crippen LogP contribution >= 0.6 is 24.0 Å². The van der Waals surface area contributed by atoms with E-state index in [0.29, 0.717) is 16.3 Å². The summed E-state index contributed by atoms with van der Waals surface area (Å²) in [5.74, 6) is -0.0880. The summed E-state index contributed by atoms with van der Waals surface area (Å²) in [4.78, 5) is 13.6. The minimum absolute atomic E-state index is 0. The van der Waals surface area contributed by atoms with Crippen LogP contribution in [0, 0.1) is 0 Å². The van der Waals surface area contributed by atoms with Crippen molar-refractivity contribution in [1.82, 2.24) is 4.90 Å². The predicted octanol–water partition coefficient (Wildman–Crippen LogP) is 2.82. The Labute approximate surface area is 107 Å². The number of carbonyl (C=O) groups is 1. The first-order valence-corrected chi connectivity index (χ1v) is 5.13. The van der Waals surface area contributed by atoms with Crippen molar-refractivity contribution in [2.45, 2.75) is 19.9 Å². The minimum Gasteiger partial charge on any atom is -0.399 e. The highest BCUT2D eigenvalue weighted by Crippen LogP contribution is 2.20. The third-order valence-corrected chi connectivity index (χ3v) is 2.63. The van der Waals surface area contributed by atoms with Crippen LogP contribution in [0.3, 0.4) is 0 Å². The lowest BCUT2D eigenvalue weighted by atomic mass is 10.1. The van der Waals surface area contributed by atoms with E-state index in [-0.39, 0.29) is 24.4 Å². The van der Waals surface area contributed by atoms with E-state index in [1.165, 1.54) is 0 Å².